The van der Waals surface area contributed by atoms with Gasteiger partial charge in [0.15, 0.2) is 0 Å². The molecule has 4 heteroatoms. The minimum atomic E-state index is 0.178. The van der Waals surface area contributed by atoms with Gasteiger partial charge in [0, 0.05) is 18.5 Å². The Hall–Kier alpha value is -1.23. The highest BCUT2D eigenvalue weighted by Gasteiger charge is 2.23. The maximum absolute atomic E-state index is 5.18. The van der Waals surface area contributed by atoms with E-state index in [4.69, 9.17) is 9.72 Å². The predicted molar refractivity (Wildman–Crippen MR) is 87.0 cm³/mol. The SMILES string of the molecule is COCCNC(c1nc2c(s1)CCC2)c1ccccc1C. The Morgan fingerprint density at radius 2 is 2.19 bits per heavy atom. The summed E-state index contributed by atoms with van der Waals surface area (Å²) in [6.45, 7) is 3.72. The maximum atomic E-state index is 5.18. The number of hydrogen-bond acceptors (Lipinski definition) is 4. The third-order valence-electron chi connectivity index (χ3n) is 4.01. The molecule has 1 unspecified atom stereocenters. The first-order valence-electron chi connectivity index (χ1n) is 7.56. The van der Waals surface area contributed by atoms with Crippen LogP contribution in [0.15, 0.2) is 24.3 Å². The van der Waals surface area contributed by atoms with Crippen molar-refractivity contribution in [1.29, 1.82) is 0 Å². The second-order valence-electron chi connectivity index (χ2n) is 5.51. The largest absolute Gasteiger partial charge is 0.383 e. The second kappa shape index (κ2) is 6.69. The lowest BCUT2D eigenvalue weighted by atomic mass is 10.0. The fraction of sp³-hybridized carbons (Fsp3) is 0.471. The summed E-state index contributed by atoms with van der Waals surface area (Å²) in [5.74, 6) is 0. The number of hydrogen-bond donors (Lipinski definition) is 1. The highest BCUT2D eigenvalue weighted by atomic mass is 32.1. The van der Waals surface area contributed by atoms with Gasteiger partial charge in [0.05, 0.1) is 18.3 Å². The predicted octanol–water partition coefficient (Wildman–Crippen LogP) is 3.27. The topological polar surface area (TPSA) is 34.1 Å². The van der Waals surface area contributed by atoms with Gasteiger partial charge in [0.2, 0.25) is 0 Å². The van der Waals surface area contributed by atoms with E-state index in [1.807, 2.05) is 11.3 Å². The number of fused-ring (bicyclic) bond motifs is 1. The van der Waals surface area contributed by atoms with Crippen molar-refractivity contribution in [3.05, 3.63) is 51.0 Å². The van der Waals surface area contributed by atoms with Crippen LogP contribution in [0.25, 0.3) is 0 Å². The molecule has 1 aromatic heterocycles. The molecule has 1 aromatic carbocycles. The number of nitrogens with zero attached hydrogens (tertiary/aromatic N) is 1. The van der Waals surface area contributed by atoms with Crippen LogP contribution in [0.1, 0.15) is 39.2 Å². The van der Waals surface area contributed by atoms with Gasteiger partial charge >= 0.3 is 0 Å². The van der Waals surface area contributed by atoms with Crippen LogP contribution < -0.4 is 5.32 Å². The first-order chi connectivity index (χ1) is 10.3. The molecule has 112 valence electrons. The van der Waals surface area contributed by atoms with Crippen molar-refractivity contribution >= 4 is 11.3 Å². The Labute approximate surface area is 130 Å². The highest BCUT2D eigenvalue weighted by Crippen LogP contribution is 2.34. The number of aryl methyl sites for hydroxylation is 3. The summed E-state index contributed by atoms with van der Waals surface area (Å²) in [4.78, 5) is 6.39. The van der Waals surface area contributed by atoms with Crippen LogP contribution in [0.4, 0.5) is 0 Å². The van der Waals surface area contributed by atoms with Gasteiger partial charge in [-0.3, -0.25) is 0 Å². The van der Waals surface area contributed by atoms with Gasteiger partial charge in [-0.05, 0) is 37.3 Å². The average Bonchev–Trinajstić information content (AvgIpc) is 3.06. The van der Waals surface area contributed by atoms with Crippen LogP contribution in [-0.2, 0) is 17.6 Å². The molecule has 1 aliphatic rings. The molecular weight excluding hydrogens is 280 g/mol. The number of aromatic nitrogens is 1. The lowest BCUT2D eigenvalue weighted by molar-refractivity contribution is 0.197. The minimum absolute atomic E-state index is 0.178. The van der Waals surface area contributed by atoms with E-state index in [1.54, 1.807) is 7.11 Å². The molecule has 0 radical (unpaired) electrons. The van der Waals surface area contributed by atoms with E-state index in [-0.39, 0.29) is 6.04 Å². The summed E-state index contributed by atoms with van der Waals surface area (Å²) in [5.41, 5.74) is 3.95. The van der Waals surface area contributed by atoms with Crippen LogP contribution in [0.5, 0.6) is 0 Å². The Morgan fingerprint density at radius 3 is 2.95 bits per heavy atom. The molecule has 0 aliphatic heterocycles. The number of nitrogens with one attached hydrogen (secondary N) is 1. The van der Waals surface area contributed by atoms with Crippen molar-refractivity contribution in [3.8, 4) is 0 Å². The first-order valence-corrected chi connectivity index (χ1v) is 8.37. The fourth-order valence-corrected chi connectivity index (χ4v) is 4.13. The van der Waals surface area contributed by atoms with Gasteiger partial charge in [-0.2, -0.15) is 0 Å². The van der Waals surface area contributed by atoms with E-state index in [1.165, 1.54) is 39.5 Å². The molecule has 3 nitrogen and oxygen atoms in total. The summed E-state index contributed by atoms with van der Waals surface area (Å²) in [5, 5.41) is 4.80. The number of rotatable bonds is 6. The van der Waals surface area contributed by atoms with E-state index in [0.29, 0.717) is 6.61 Å². The molecule has 1 aliphatic carbocycles. The summed E-state index contributed by atoms with van der Waals surface area (Å²) in [6.07, 6.45) is 3.61. The zero-order chi connectivity index (χ0) is 14.7. The normalized spacial score (nSPS) is 15.1. The number of benzene rings is 1. The number of methoxy groups -OCH3 is 1. The molecule has 0 spiro atoms. The number of ether oxygens (including phenoxy) is 1. The van der Waals surface area contributed by atoms with Gasteiger partial charge < -0.3 is 10.1 Å². The standard InChI is InChI=1S/C17H22N2OS/c1-12-6-3-4-7-13(12)16(18-10-11-20-2)17-19-14-8-5-9-15(14)21-17/h3-4,6-7,16,18H,5,8-11H2,1-2H3. The molecular formula is C17H22N2OS. The zero-order valence-corrected chi connectivity index (χ0v) is 13.5. The molecule has 21 heavy (non-hydrogen) atoms. The summed E-state index contributed by atoms with van der Waals surface area (Å²) in [6, 6.07) is 8.74. The van der Waals surface area contributed by atoms with Gasteiger partial charge in [0.1, 0.15) is 5.01 Å². The molecule has 0 saturated carbocycles. The Balaban J connectivity index is 1.89. The van der Waals surface area contributed by atoms with Gasteiger partial charge in [-0.25, -0.2) is 4.98 Å². The van der Waals surface area contributed by atoms with Crippen molar-refractivity contribution in [2.45, 2.75) is 32.2 Å². The summed E-state index contributed by atoms with van der Waals surface area (Å²) in [7, 11) is 1.74. The molecule has 3 rings (SSSR count). The Bertz CT molecular complexity index is 587. The van der Waals surface area contributed by atoms with E-state index < -0.39 is 0 Å². The zero-order valence-electron chi connectivity index (χ0n) is 12.7. The lowest BCUT2D eigenvalue weighted by Gasteiger charge is -2.19. The maximum Gasteiger partial charge on any atom is 0.115 e. The number of thiazole rings is 1. The Kier molecular flexibility index (Phi) is 4.68. The van der Waals surface area contributed by atoms with Gasteiger partial charge in [-0.1, -0.05) is 24.3 Å². The van der Waals surface area contributed by atoms with Crippen molar-refractivity contribution in [1.82, 2.24) is 10.3 Å². The average molecular weight is 302 g/mol. The van der Waals surface area contributed by atoms with Crippen LogP contribution in [0, 0.1) is 6.92 Å². The molecule has 0 amide bonds. The van der Waals surface area contributed by atoms with E-state index in [0.717, 1.165) is 13.0 Å². The smallest absolute Gasteiger partial charge is 0.115 e. The van der Waals surface area contributed by atoms with Gasteiger partial charge in [0.25, 0.3) is 0 Å². The molecule has 1 atom stereocenters. The molecule has 0 saturated heterocycles. The molecule has 0 bridgehead atoms. The van der Waals surface area contributed by atoms with Gasteiger partial charge in [-0.15, -0.1) is 11.3 Å². The first kappa shape index (κ1) is 14.7. The van der Waals surface area contributed by atoms with E-state index >= 15 is 0 Å². The summed E-state index contributed by atoms with van der Waals surface area (Å²) < 4.78 is 5.18. The monoisotopic (exact) mass is 302 g/mol. The molecule has 2 aromatic rings. The highest BCUT2D eigenvalue weighted by molar-refractivity contribution is 7.11. The van der Waals surface area contributed by atoms with Crippen molar-refractivity contribution in [3.63, 3.8) is 0 Å². The van der Waals surface area contributed by atoms with E-state index in [2.05, 4.69) is 36.5 Å². The molecule has 1 heterocycles. The quantitative estimate of drug-likeness (QED) is 0.832. The third-order valence-corrected chi connectivity index (χ3v) is 5.24. The minimum Gasteiger partial charge on any atom is -0.383 e. The molecule has 0 fully saturated rings. The van der Waals surface area contributed by atoms with Crippen LogP contribution >= 0.6 is 11.3 Å². The molecule has 1 N–H and O–H groups in total. The lowest BCUT2D eigenvalue weighted by Crippen LogP contribution is -2.26. The van der Waals surface area contributed by atoms with Crippen LogP contribution in [0.2, 0.25) is 0 Å². The van der Waals surface area contributed by atoms with Crippen LogP contribution in [-0.4, -0.2) is 25.2 Å². The summed E-state index contributed by atoms with van der Waals surface area (Å²) >= 11 is 1.88. The third kappa shape index (κ3) is 3.18. The Morgan fingerprint density at radius 1 is 1.33 bits per heavy atom. The van der Waals surface area contributed by atoms with E-state index in [9.17, 15) is 0 Å². The van der Waals surface area contributed by atoms with Crippen molar-refractivity contribution in [2.24, 2.45) is 0 Å². The fourth-order valence-electron chi connectivity index (χ4n) is 2.88. The van der Waals surface area contributed by atoms with Crippen molar-refractivity contribution < 1.29 is 4.74 Å². The van der Waals surface area contributed by atoms with Crippen molar-refractivity contribution in [2.75, 3.05) is 20.3 Å². The second-order valence-corrected chi connectivity index (χ2v) is 6.63. The van der Waals surface area contributed by atoms with Crippen LogP contribution in [0.3, 0.4) is 0 Å².